The minimum Gasteiger partial charge on any atom is -0.483 e. The first-order chi connectivity index (χ1) is 13.4. The molecule has 0 radical (unpaired) electrons. The number of thiazole rings is 1. The second-order valence-corrected chi connectivity index (χ2v) is 7.60. The van der Waals surface area contributed by atoms with E-state index in [0.29, 0.717) is 13.1 Å². The van der Waals surface area contributed by atoms with Crippen LogP contribution < -0.4 is 5.56 Å². The van der Waals surface area contributed by atoms with Crippen LogP contribution in [0.4, 0.5) is 4.39 Å². The fourth-order valence-corrected chi connectivity index (χ4v) is 3.86. The van der Waals surface area contributed by atoms with Crippen molar-refractivity contribution in [2.24, 2.45) is 0 Å². The Hall–Kier alpha value is -3.04. The van der Waals surface area contributed by atoms with Crippen molar-refractivity contribution >= 4 is 33.7 Å². The monoisotopic (exact) mass is 402 g/mol. The maximum absolute atomic E-state index is 13.3. The van der Waals surface area contributed by atoms with Gasteiger partial charge < -0.3 is 10.1 Å². The lowest BCUT2D eigenvalue weighted by molar-refractivity contribution is -0.122. The van der Waals surface area contributed by atoms with Gasteiger partial charge in [0.1, 0.15) is 5.82 Å². The molecule has 0 aliphatic carbocycles. The van der Waals surface area contributed by atoms with Crippen LogP contribution in [-0.2, 0) is 17.9 Å². The summed E-state index contributed by atoms with van der Waals surface area (Å²) >= 11 is 1.51. The summed E-state index contributed by atoms with van der Waals surface area (Å²) in [6.45, 7) is 2.93. The van der Waals surface area contributed by atoms with Crippen LogP contribution in [0.2, 0.25) is 0 Å². The Morgan fingerprint density at radius 3 is 2.82 bits per heavy atom. The van der Waals surface area contributed by atoms with E-state index in [-0.39, 0.29) is 17.8 Å². The average molecular weight is 402 g/mol. The lowest BCUT2D eigenvalue weighted by atomic mass is 10.2. The predicted octanol–water partition coefficient (Wildman–Crippen LogP) is 3.02. The van der Waals surface area contributed by atoms with Crippen LogP contribution in [0.3, 0.4) is 0 Å². The topological polar surface area (TPSA) is 90.7 Å². The number of nitrogens with one attached hydrogen (secondary N) is 1. The number of aromatic amines is 1. The van der Waals surface area contributed by atoms with Gasteiger partial charge in [0, 0.05) is 46.8 Å². The molecule has 0 saturated heterocycles. The van der Waals surface area contributed by atoms with Gasteiger partial charge in [-0.2, -0.15) is 0 Å². The fraction of sp³-hybridized carbons (Fsp3) is 0.211. The van der Waals surface area contributed by atoms with Crippen LogP contribution in [0.5, 0.6) is 0 Å². The first-order valence-corrected chi connectivity index (χ1v) is 9.23. The van der Waals surface area contributed by atoms with Crippen LogP contribution >= 0.6 is 11.3 Å². The van der Waals surface area contributed by atoms with E-state index in [9.17, 15) is 9.18 Å². The Labute approximate surface area is 163 Å². The zero-order valence-corrected chi connectivity index (χ0v) is 16.2. The van der Waals surface area contributed by atoms with Crippen LogP contribution in [0.15, 0.2) is 41.3 Å². The van der Waals surface area contributed by atoms with E-state index in [1.807, 2.05) is 26.2 Å². The molecule has 0 amide bonds. The zero-order valence-electron chi connectivity index (χ0n) is 15.3. The van der Waals surface area contributed by atoms with Crippen LogP contribution in [0, 0.1) is 12.7 Å². The van der Waals surface area contributed by atoms with Gasteiger partial charge in [0.2, 0.25) is 0 Å². The highest BCUT2D eigenvalue weighted by molar-refractivity contribution is 7.16. The van der Waals surface area contributed by atoms with E-state index in [1.54, 1.807) is 16.5 Å². The lowest BCUT2D eigenvalue weighted by Gasteiger charge is -2.15. The molecule has 3 aromatic heterocycles. The quantitative estimate of drug-likeness (QED) is 0.512. The smallest absolute Gasteiger partial charge is 0.290 e. The van der Waals surface area contributed by atoms with Crippen molar-refractivity contribution in [2.45, 2.75) is 20.0 Å². The number of aromatic nitrogens is 3. The molecule has 146 valence electrons. The first kappa shape index (κ1) is 19.7. The van der Waals surface area contributed by atoms with E-state index < -0.39 is 0 Å². The molecule has 0 atom stereocenters. The molecule has 2 N–H and O–H groups in total. The molecule has 1 aromatic carbocycles. The molecule has 0 saturated carbocycles. The van der Waals surface area contributed by atoms with Crippen LogP contribution in [-0.4, -0.2) is 37.9 Å². The third-order valence-corrected chi connectivity index (χ3v) is 4.94. The average Bonchev–Trinajstić information content (AvgIpc) is 3.17. The molecule has 4 rings (SSSR count). The molecule has 9 heteroatoms. The standard InChI is InChI=1S/C18H17FN4OS.CH2O2/c1-11-8-23-17(24)7-15(21-18(23)25-11)10-22(2)9-14-6-12-5-13(19)3-4-16(12)20-14;2-1-3/h3-8,20H,9-10H2,1-2H3;1H,(H,2,3). The summed E-state index contributed by atoms with van der Waals surface area (Å²) in [6, 6.07) is 8.23. The molecule has 0 spiro atoms. The molecule has 0 aliphatic rings. The van der Waals surface area contributed by atoms with Crippen molar-refractivity contribution in [3.8, 4) is 0 Å². The lowest BCUT2D eigenvalue weighted by Crippen LogP contribution is -2.21. The molecule has 28 heavy (non-hydrogen) atoms. The number of halogens is 1. The van der Waals surface area contributed by atoms with Gasteiger partial charge >= 0.3 is 0 Å². The highest BCUT2D eigenvalue weighted by atomic mass is 32.1. The van der Waals surface area contributed by atoms with Crippen LogP contribution in [0.1, 0.15) is 16.3 Å². The molecule has 4 aromatic rings. The summed E-state index contributed by atoms with van der Waals surface area (Å²) in [5.74, 6) is -0.240. The molecule has 3 heterocycles. The van der Waals surface area contributed by atoms with E-state index in [0.717, 1.165) is 32.1 Å². The minimum atomic E-state index is -0.250. The number of carbonyl (C=O) groups is 1. The Bertz CT molecular complexity index is 1180. The van der Waals surface area contributed by atoms with Crippen molar-refractivity contribution in [3.05, 3.63) is 69.0 Å². The maximum atomic E-state index is 13.3. The normalized spacial score (nSPS) is 11.0. The molecule has 0 unspecified atom stereocenters. The highest BCUT2D eigenvalue weighted by Gasteiger charge is 2.10. The van der Waals surface area contributed by atoms with Crippen LogP contribution in [0.25, 0.3) is 15.9 Å². The number of carboxylic acid groups (broad SMARTS) is 1. The minimum absolute atomic E-state index is 0.0566. The maximum Gasteiger partial charge on any atom is 0.290 e. The van der Waals surface area contributed by atoms with Gasteiger partial charge in [0.25, 0.3) is 12.0 Å². The predicted molar refractivity (Wildman–Crippen MR) is 106 cm³/mol. The number of aryl methyl sites for hydroxylation is 1. The Morgan fingerprint density at radius 2 is 2.07 bits per heavy atom. The van der Waals surface area contributed by atoms with Gasteiger partial charge in [0.05, 0.1) is 5.69 Å². The van der Waals surface area contributed by atoms with E-state index in [1.165, 1.54) is 23.5 Å². The summed E-state index contributed by atoms with van der Waals surface area (Å²) < 4.78 is 14.9. The summed E-state index contributed by atoms with van der Waals surface area (Å²) in [5.41, 5.74) is 2.60. The number of rotatable bonds is 4. The Balaban J connectivity index is 0.000000706. The van der Waals surface area contributed by atoms with Gasteiger partial charge in [-0.05, 0) is 38.2 Å². The summed E-state index contributed by atoms with van der Waals surface area (Å²) in [7, 11) is 1.97. The van der Waals surface area contributed by atoms with Gasteiger partial charge in [0.15, 0.2) is 4.96 Å². The second kappa shape index (κ2) is 8.32. The number of hydrogen-bond acceptors (Lipinski definition) is 5. The summed E-state index contributed by atoms with van der Waals surface area (Å²) in [4.78, 5) is 32.2. The number of nitrogens with zero attached hydrogens (tertiary/aromatic N) is 3. The number of benzene rings is 1. The van der Waals surface area contributed by atoms with E-state index >= 15 is 0 Å². The third kappa shape index (κ3) is 4.44. The van der Waals surface area contributed by atoms with E-state index in [4.69, 9.17) is 9.90 Å². The van der Waals surface area contributed by atoms with Crippen molar-refractivity contribution in [2.75, 3.05) is 7.05 Å². The van der Waals surface area contributed by atoms with E-state index in [2.05, 4.69) is 14.9 Å². The summed E-state index contributed by atoms with van der Waals surface area (Å²) in [6.07, 6.45) is 1.81. The van der Waals surface area contributed by atoms with Gasteiger partial charge in [-0.1, -0.05) is 0 Å². The Morgan fingerprint density at radius 1 is 1.32 bits per heavy atom. The van der Waals surface area contributed by atoms with Crippen molar-refractivity contribution in [1.29, 1.82) is 0 Å². The van der Waals surface area contributed by atoms with Gasteiger partial charge in [-0.15, -0.1) is 11.3 Å². The Kier molecular flexibility index (Phi) is 5.86. The number of H-pyrrole nitrogens is 1. The second-order valence-electron chi connectivity index (χ2n) is 6.38. The van der Waals surface area contributed by atoms with Crippen molar-refractivity contribution in [3.63, 3.8) is 0 Å². The fourth-order valence-electron chi connectivity index (χ4n) is 3.01. The molecule has 0 bridgehead atoms. The SMILES string of the molecule is Cc1cn2c(=O)cc(CN(C)Cc3cc4cc(F)ccc4[nH]3)nc2s1.O=CO. The third-order valence-electron chi connectivity index (χ3n) is 4.05. The molecule has 0 fully saturated rings. The molecular weight excluding hydrogens is 383 g/mol. The number of hydrogen-bond donors (Lipinski definition) is 2. The largest absolute Gasteiger partial charge is 0.483 e. The zero-order chi connectivity index (χ0) is 20.3. The molecular formula is C19H19FN4O3S. The molecule has 7 nitrogen and oxygen atoms in total. The van der Waals surface area contributed by atoms with Gasteiger partial charge in [-0.25, -0.2) is 9.37 Å². The number of fused-ring (bicyclic) bond motifs is 2. The van der Waals surface area contributed by atoms with Crippen molar-refractivity contribution < 1.29 is 14.3 Å². The first-order valence-electron chi connectivity index (χ1n) is 8.42. The van der Waals surface area contributed by atoms with Gasteiger partial charge in [-0.3, -0.25) is 18.9 Å². The highest BCUT2D eigenvalue weighted by Crippen LogP contribution is 2.18. The van der Waals surface area contributed by atoms with Crippen molar-refractivity contribution in [1.82, 2.24) is 19.3 Å². The molecule has 0 aliphatic heterocycles. The summed E-state index contributed by atoms with van der Waals surface area (Å²) in [5, 5.41) is 7.75.